The molecular weight excluding hydrogens is 397 g/mol. The van der Waals surface area contributed by atoms with E-state index in [-0.39, 0.29) is 12.1 Å². The predicted octanol–water partition coefficient (Wildman–Crippen LogP) is 3.56. The van der Waals surface area contributed by atoms with Gasteiger partial charge < -0.3 is 0 Å². The van der Waals surface area contributed by atoms with Crippen LogP contribution in [-0.4, -0.2) is 29.9 Å². The summed E-state index contributed by atoms with van der Waals surface area (Å²) in [6.07, 6.45) is -3.19. The molecular formula is C22H15F3N2O3. The van der Waals surface area contributed by atoms with E-state index < -0.39 is 41.8 Å². The number of rotatable bonds is 1. The summed E-state index contributed by atoms with van der Waals surface area (Å²) < 4.78 is 40.3. The van der Waals surface area contributed by atoms with E-state index in [9.17, 15) is 27.6 Å². The first-order valence-electron chi connectivity index (χ1n) is 9.43. The molecule has 8 heteroatoms. The maximum absolute atomic E-state index is 13.4. The second-order valence-electron chi connectivity index (χ2n) is 7.51. The molecule has 2 aromatic rings. The molecule has 0 aromatic heterocycles. The van der Waals surface area contributed by atoms with E-state index in [1.54, 1.807) is 54.6 Å². The Bertz CT molecular complexity index is 1110. The van der Waals surface area contributed by atoms with Crippen LogP contribution in [0.1, 0.15) is 12.0 Å². The number of benzene rings is 2. The Labute approximate surface area is 169 Å². The smallest absolute Gasteiger partial charge is 0.296 e. The lowest BCUT2D eigenvalue weighted by Crippen LogP contribution is -2.51. The number of fused-ring (bicyclic) bond motifs is 5. The number of allylic oxidation sites excluding steroid dienone is 1. The summed E-state index contributed by atoms with van der Waals surface area (Å²) in [6.45, 7) is 0. The van der Waals surface area contributed by atoms with Gasteiger partial charge in [-0.05, 0) is 30.2 Å². The molecule has 2 aromatic carbocycles. The average molecular weight is 412 g/mol. The number of anilines is 2. The van der Waals surface area contributed by atoms with Crippen molar-refractivity contribution in [1.29, 1.82) is 0 Å². The van der Waals surface area contributed by atoms with E-state index in [2.05, 4.69) is 0 Å². The molecule has 0 unspecified atom stereocenters. The van der Waals surface area contributed by atoms with Crippen LogP contribution in [0.5, 0.6) is 0 Å². The molecule has 152 valence electrons. The summed E-state index contributed by atoms with van der Waals surface area (Å²) in [4.78, 5) is 40.4. The Morgan fingerprint density at radius 3 is 2.30 bits per heavy atom. The van der Waals surface area contributed by atoms with Crippen LogP contribution < -0.4 is 9.80 Å². The second-order valence-corrected chi connectivity index (χ2v) is 7.51. The molecule has 3 amide bonds. The number of halogens is 3. The highest BCUT2D eigenvalue weighted by Gasteiger charge is 2.60. The number of hydrogen-bond acceptors (Lipinski definition) is 3. The van der Waals surface area contributed by atoms with Crippen molar-refractivity contribution in [3.63, 3.8) is 0 Å². The molecule has 1 fully saturated rings. The summed E-state index contributed by atoms with van der Waals surface area (Å²) in [5, 5.41) is 0. The normalized spacial score (nSPS) is 25.0. The molecule has 5 nitrogen and oxygen atoms in total. The molecule has 1 saturated heterocycles. The van der Waals surface area contributed by atoms with Gasteiger partial charge in [-0.1, -0.05) is 42.5 Å². The minimum absolute atomic E-state index is 0.107. The quantitative estimate of drug-likeness (QED) is 0.673. The largest absolute Gasteiger partial charge is 0.471 e. The van der Waals surface area contributed by atoms with Gasteiger partial charge in [-0.3, -0.25) is 19.3 Å². The third-order valence-electron chi connectivity index (χ3n) is 5.96. The lowest BCUT2D eigenvalue weighted by molar-refractivity contribution is -0.171. The van der Waals surface area contributed by atoms with Gasteiger partial charge in [-0.25, -0.2) is 4.90 Å². The first kappa shape index (κ1) is 18.6. The number of carbonyl (C=O) groups is 3. The first-order valence-corrected chi connectivity index (χ1v) is 9.43. The lowest BCUT2D eigenvalue weighted by atomic mass is 9.76. The summed E-state index contributed by atoms with van der Waals surface area (Å²) in [5.41, 5.74) is 1.44. The molecule has 0 spiro atoms. The first-order chi connectivity index (χ1) is 14.3. The molecule has 2 aliphatic heterocycles. The van der Waals surface area contributed by atoms with E-state index in [4.69, 9.17) is 0 Å². The lowest BCUT2D eigenvalue weighted by Gasteiger charge is -2.34. The van der Waals surface area contributed by atoms with Crippen molar-refractivity contribution in [3.05, 3.63) is 66.2 Å². The highest BCUT2D eigenvalue weighted by molar-refractivity contribution is 6.24. The molecule has 5 rings (SSSR count). The molecule has 0 saturated carbocycles. The summed E-state index contributed by atoms with van der Waals surface area (Å²) in [7, 11) is 0. The topological polar surface area (TPSA) is 57.7 Å². The molecule has 0 radical (unpaired) electrons. The number of carbonyl (C=O) groups excluding carboxylic acids is 3. The number of para-hydroxylation sites is 2. The molecule has 1 aliphatic carbocycles. The Hall–Kier alpha value is -3.42. The fourth-order valence-electron chi connectivity index (χ4n) is 4.77. The standard InChI is InChI=1S/C22H15F3N2O3/c23-22(24,25)21(30)27-16-9-5-4-8-13(16)14-10-11-15-17(18(14)27)20(29)26(19(15)28)12-6-2-1-3-7-12/h1-10,15,17-18H,11H2/t15-,17-,18+/m1/s1. The van der Waals surface area contributed by atoms with Crippen LogP contribution in [0, 0.1) is 11.8 Å². The van der Waals surface area contributed by atoms with E-state index in [1.165, 1.54) is 6.07 Å². The molecule has 3 atom stereocenters. The van der Waals surface area contributed by atoms with Gasteiger partial charge in [0.25, 0.3) is 0 Å². The van der Waals surface area contributed by atoms with Crippen molar-refractivity contribution < 1.29 is 27.6 Å². The zero-order chi connectivity index (χ0) is 21.2. The van der Waals surface area contributed by atoms with Crippen LogP contribution in [0.25, 0.3) is 5.57 Å². The Morgan fingerprint density at radius 1 is 0.933 bits per heavy atom. The van der Waals surface area contributed by atoms with Crippen LogP contribution in [-0.2, 0) is 14.4 Å². The van der Waals surface area contributed by atoms with Crippen LogP contribution >= 0.6 is 0 Å². The van der Waals surface area contributed by atoms with Crippen molar-refractivity contribution >= 4 is 34.7 Å². The van der Waals surface area contributed by atoms with Crippen LogP contribution in [0.3, 0.4) is 0 Å². The second kappa shape index (κ2) is 6.29. The zero-order valence-corrected chi connectivity index (χ0v) is 15.5. The molecule has 0 N–H and O–H groups in total. The van der Waals surface area contributed by atoms with Crippen molar-refractivity contribution in [2.45, 2.75) is 18.6 Å². The highest BCUT2D eigenvalue weighted by Crippen LogP contribution is 2.52. The van der Waals surface area contributed by atoms with Crippen molar-refractivity contribution in [3.8, 4) is 0 Å². The maximum Gasteiger partial charge on any atom is 0.471 e. The third kappa shape index (κ3) is 2.46. The maximum atomic E-state index is 13.4. The van der Waals surface area contributed by atoms with Crippen molar-refractivity contribution in [1.82, 2.24) is 0 Å². The molecule has 0 bridgehead atoms. The number of hydrogen-bond donors (Lipinski definition) is 0. The van der Waals surface area contributed by atoms with Crippen LogP contribution in [0.2, 0.25) is 0 Å². The van der Waals surface area contributed by atoms with Gasteiger partial charge in [0.05, 0.1) is 29.3 Å². The predicted molar refractivity (Wildman–Crippen MR) is 102 cm³/mol. The van der Waals surface area contributed by atoms with Crippen molar-refractivity contribution in [2.75, 3.05) is 9.80 Å². The van der Waals surface area contributed by atoms with Crippen molar-refractivity contribution in [2.24, 2.45) is 11.8 Å². The van der Waals surface area contributed by atoms with E-state index in [0.717, 1.165) is 4.90 Å². The average Bonchev–Trinajstić information content (AvgIpc) is 3.19. The monoisotopic (exact) mass is 412 g/mol. The minimum atomic E-state index is -5.11. The number of imide groups is 1. The molecule has 3 aliphatic rings. The van der Waals surface area contributed by atoms with E-state index in [0.29, 0.717) is 21.7 Å². The van der Waals surface area contributed by atoms with Crippen LogP contribution in [0.4, 0.5) is 24.5 Å². The summed E-state index contributed by atoms with van der Waals surface area (Å²) in [6, 6.07) is 13.4. The van der Waals surface area contributed by atoms with Gasteiger partial charge in [0.2, 0.25) is 11.8 Å². The Kier molecular flexibility index (Phi) is 3.90. The minimum Gasteiger partial charge on any atom is -0.296 e. The number of nitrogens with zero attached hydrogens (tertiary/aromatic N) is 2. The fraction of sp³-hybridized carbons (Fsp3) is 0.227. The molecule has 2 heterocycles. The fourth-order valence-corrected chi connectivity index (χ4v) is 4.77. The summed E-state index contributed by atoms with van der Waals surface area (Å²) in [5.74, 6) is -4.97. The Morgan fingerprint density at radius 2 is 1.60 bits per heavy atom. The van der Waals surface area contributed by atoms with E-state index in [1.807, 2.05) is 0 Å². The van der Waals surface area contributed by atoms with Gasteiger partial charge >= 0.3 is 12.1 Å². The van der Waals surface area contributed by atoms with Gasteiger partial charge in [-0.2, -0.15) is 13.2 Å². The summed E-state index contributed by atoms with van der Waals surface area (Å²) >= 11 is 0. The number of amides is 3. The van der Waals surface area contributed by atoms with E-state index >= 15 is 0 Å². The van der Waals surface area contributed by atoms with Gasteiger partial charge in [0.15, 0.2) is 0 Å². The van der Waals surface area contributed by atoms with Gasteiger partial charge in [0.1, 0.15) is 0 Å². The third-order valence-corrected chi connectivity index (χ3v) is 5.96. The molecule has 30 heavy (non-hydrogen) atoms. The zero-order valence-electron chi connectivity index (χ0n) is 15.5. The highest BCUT2D eigenvalue weighted by atomic mass is 19.4. The van der Waals surface area contributed by atoms with Gasteiger partial charge in [0, 0.05) is 5.56 Å². The SMILES string of the molecule is O=C1[C@@H]2[C@@H](CC=C3c4ccccc4N(C(=O)C(F)(F)F)[C@@H]32)C(=O)N1c1ccccc1. The Balaban J connectivity index is 1.64. The number of alkyl halides is 3. The van der Waals surface area contributed by atoms with Crippen LogP contribution in [0.15, 0.2) is 60.7 Å². The van der Waals surface area contributed by atoms with Gasteiger partial charge in [-0.15, -0.1) is 0 Å².